The topological polar surface area (TPSA) is 12.0 Å². The molecule has 0 aliphatic heterocycles. The highest BCUT2D eigenvalue weighted by molar-refractivity contribution is 9.10. The Bertz CT molecular complexity index is 181. The van der Waals surface area contributed by atoms with Crippen LogP contribution in [0.2, 0.25) is 0 Å². The van der Waals surface area contributed by atoms with Crippen LogP contribution in [-0.4, -0.2) is 0 Å². The predicted molar refractivity (Wildman–Crippen MR) is 43.1 cm³/mol. The minimum Gasteiger partial charge on any atom is -0.383 e. The molecule has 0 fully saturated rings. The van der Waals surface area contributed by atoms with Gasteiger partial charge in [-0.05, 0) is 24.3 Å². The summed E-state index contributed by atoms with van der Waals surface area (Å²) in [5, 5.41) is 2.78. The van der Waals surface area contributed by atoms with E-state index in [0.29, 0.717) is 0 Å². The van der Waals surface area contributed by atoms with Gasteiger partial charge in [0.15, 0.2) is 0 Å². The Hall–Kier alpha value is -0.500. The molecule has 0 atom stereocenters. The molecule has 0 unspecified atom stereocenters. The zero-order valence-electron chi connectivity index (χ0n) is 4.89. The molecular formula is C7H7BrN. The van der Waals surface area contributed by atoms with E-state index in [1.807, 2.05) is 24.3 Å². The molecule has 0 spiro atoms. The first kappa shape index (κ1) is 6.62. The lowest BCUT2D eigenvalue weighted by atomic mass is 10.3. The lowest BCUT2D eigenvalue weighted by Gasteiger charge is -1.96. The second-order valence-electron chi connectivity index (χ2n) is 1.68. The summed E-state index contributed by atoms with van der Waals surface area (Å²) in [6.07, 6.45) is 0. The highest BCUT2D eigenvalue weighted by atomic mass is 79.9. The van der Waals surface area contributed by atoms with Crippen LogP contribution >= 0.6 is 15.9 Å². The zero-order valence-corrected chi connectivity index (χ0v) is 6.48. The van der Waals surface area contributed by atoms with Crippen LogP contribution in [-0.2, 0) is 0 Å². The molecule has 1 rings (SSSR count). The molecule has 1 aromatic rings. The molecule has 1 N–H and O–H groups in total. The largest absolute Gasteiger partial charge is 0.383 e. The van der Waals surface area contributed by atoms with Crippen LogP contribution in [0.3, 0.4) is 0 Å². The van der Waals surface area contributed by atoms with Gasteiger partial charge in [-0.15, -0.1) is 0 Å². The Kier molecular flexibility index (Phi) is 2.11. The number of hydrogen-bond donors (Lipinski definition) is 1. The molecule has 0 saturated heterocycles. The van der Waals surface area contributed by atoms with Crippen molar-refractivity contribution in [1.82, 2.24) is 0 Å². The molecule has 0 amide bonds. The number of benzene rings is 1. The van der Waals surface area contributed by atoms with Crippen molar-refractivity contribution in [3.63, 3.8) is 0 Å². The fraction of sp³-hybridized carbons (Fsp3) is 0. The third kappa shape index (κ3) is 1.72. The third-order valence-electron chi connectivity index (χ3n) is 1.05. The van der Waals surface area contributed by atoms with Crippen LogP contribution in [0.1, 0.15) is 0 Å². The van der Waals surface area contributed by atoms with Gasteiger partial charge in [0.1, 0.15) is 0 Å². The van der Waals surface area contributed by atoms with Crippen molar-refractivity contribution < 1.29 is 0 Å². The van der Waals surface area contributed by atoms with Gasteiger partial charge >= 0.3 is 0 Å². The molecule has 0 bridgehead atoms. The molecule has 1 nitrogen and oxygen atoms in total. The summed E-state index contributed by atoms with van der Waals surface area (Å²) in [5.41, 5.74) is 1.03. The first-order valence-electron chi connectivity index (χ1n) is 2.61. The molecular weight excluding hydrogens is 178 g/mol. The van der Waals surface area contributed by atoms with Crippen LogP contribution < -0.4 is 5.32 Å². The summed E-state index contributed by atoms with van der Waals surface area (Å²) in [6, 6.07) is 7.84. The molecule has 47 valence electrons. The lowest BCUT2D eigenvalue weighted by Crippen LogP contribution is -1.81. The first-order chi connectivity index (χ1) is 4.33. The van der Waals surface area contributed by atoms with Crippen molar-refractivity contribution in [3.8, 4) is 0 Å². The maximum Gasteiger partial charge on any atom is 0.0341 e. The zero-order chi connectivity index (χ0) is 6.69. The summed E-state index contributed by atoms with van der Waals surface area (Å²) >= 11 is 3.33. The van der Waals surface area contributed by atoms with Gasteiger partial charge in [-0.3, -0.25) is 0 Å². The SMILES string of the molecule is [CH2]Nc1ccc(Br)cc1. The summed E-state index contributed by atoms with van der Waals surface area (Å²) in [6.45, 7) is 0. The quantitative estimate of drug-likeness (QED) is 0.709. The molecule has 0 heterocycles. The minimum atomic E-state index is 1.03. The Morgan fingerprint density at radius 2 is 1.78 bits per heavy atom. The fourth-order valence-corrected chi connectivity index (χ4v) is 0.832. The van der Waals surface area contributed by atoms with Gasteiger partial charge in [-0.1, -0.05) is 15.9 Å². The van der Waals surface area contributed by atoms with Crippen LogP contribution in [0.25, 0.3) is 0 Å². The smallest absolute Gasteiger partial charge is 0.0341 e. The van der Waals surface area contributed by atoms with Crippen molar-refractivity contribution >= 4 is 21.6 Å². The van der Waals surface area contributed by atoms with Crippen molar-refractivity contribution in [2.24, 2.45) is 0 Å². The Morgan fingerprint density at radius 3 is 2.22 bits per heavy atom. The van der Waals surface area contributed by atoms with E-state index in [0.717, 1.165) is 10.2 Å². The summed E-state index contributed by atoms with van der Waals surface area (Å²) in [5.74, 6) is 0. The van der Waals surface area contributed by atoms with Crippen molar-refractivity contribution in [2.45, 2.75) is 0 Å². The van der Waals surface area contributed by atoms with Gasteiger partial charge in [0.25, 0.3) is 0 Å². The van der Waals surface area contributed by atoms with Crippen LogP contribution in [0.15, 0.2) is 28.7 Å². The second kappa shape index (κ2) is 2.87. The van der Waals surface area contributed by atoms with Gasteiger partial charge in [-0.2, -0.15) is 0 Å². The van der Waals surface area contributed by atoms with E-state index < -0.39 is 0 Å². The van der Waals surface area contributed by atoms with E-state index in [1.54, 1.807) is 0 Å². The van der Waals surface area contributed by atoms with Crippen LogP contribution in [0.4, 0.5) is 5.69 Å². The molecule has 0 saturated carbocycles. The molecule has 9 heavy (non-hydrogen) atoms. The third-order valence-corrected chi connectivity index (χ3v) is 1.58. The van der Waals surface area contributed by atoms with Gasteiger partial charge in [0, 0.05) is 17.2 Å². The first-order valence-corrected chi connectivity index (χ1v) is 3.41. The van der Waals surface area contributed by atoms with Crippen molar-refractivity contribution in [1.29, 1.82) is 0 Å². The predicted octanol–water partition coefficient (Wildman–Crippen LogP) is 2.65. The molecule has 1 aromatic carbocycles. The van der Waals surface area contributed by atoms with E-state index in [9.17, 15) is 0 Å². The summed E-state index contributed by atoms with van der Waals surface area (Å²) in [7, 11) is 3.52. The van der Waals surface area contributed by atoms with Gasteiger partial charge in [0.2, 0.25) is 0 Å². The van der Waals surface area contributed by atoms with Crippen LogP contribution in [0, 0.1) is 7.05 Å². The van der Waals surface area contributed by atoms with Crippen molar-refractivity contribution in [2.75, 3.05) is 5.32 Å². The maximum absolute atomic E-state index is 3.52. The minimum absolute atomic E-state index is 1.03. The summed E-state index contributed by atoms with van der Waals surface area (Å²) in [4.78, 5) is 0. The van der Waals surface area contributed by atoms with E-state index in [1.165, 1.54) is 0 Å². The molecule has 0 aliphatic carbocycles. The van der Waals surface area contributed by atoms with E-state index >= 15 is 0 Å². The number of hydrogen-bond acceptors (Lipinski definition) is 1. The standard InChI is InChI=1S/C7H7BrN/c1-9-7-4-2-6(8)3-5-7/h2-5,9H,1H2. The van der Waals surface area contributed by atoms with Gasteiger partial charge < -0.3 is 5.32 Å². The van der Waals surface area contributed by atoms with Crippen LogP contribution in [0.5, 0.6) is 0 Å². The Labute approximate surface area is 63.2 Å². The number of rotatable bonds is 1. The maximum atomic E-state index is 3.52. The normalized spacial score (nSPS) is 9.11. The highest BCUT2D eigenvalue weighted by Crippen LogP contribution is 2.13. The second-order valence-corrected chi connectivity index (χ2v) is 2.60. The molecule has 1 radical (unpaired) electrons. The molecule has 0 aromatic heterocycles. The molecule has 0 aliphatic rings. The van der Waals surface area contributed by atoms with E-state index in [-0.39, 0.29) is 0 Å². The average Bonchev–Trinajstić information content (AvgIpc) is 1.90. The van der Waals surface area contributed by atoms with Crippen molar-refractivity contribution in [3.05, 3.63) is 35.8 Å². The average molecular weight is 185 g/mol. The Balaban J connectivity index is 2.88. The van der Waals surface area contributed by atoms with E-state index in [4.69, 9.17) is 0 Å². The summed E-state index contributed by atoms with van der Waals surface area (Å²) < 4.78 is 1.08. The fourth-order valence-electron chi connectivity index (χ4n) is 0.568. The number of anilines is 1. The monoisotopic (exact) mass is 184 g/mol. The number of nitrogens with one attached hydrogen (secondary N) is 1. The van der Waals surface area contributed by atoms with Gasteiger partial charge in [0.05, 0.1) is 0 Å². The number of halogens is 1. The molecule has 2 heteroatoms. The Morgan fingerprint density at radius 1 is 1.22 bits per heavy atom. The lowest BCUT2D eigenvalue weighted by molar-refractivity contribution is 1.57. The van der Waals surface area contributed by atoms with E-state index in [2.05, 4.69) is 28.3 Å². The highest BCUT2D eigenvalue weighted by Gasteiger charge is 1.85. The van der Waals surface area contributed by atoms with Gasteiger partial charge in [-0.25, -0.2) is 0 Å².